The predicted octanol–water partition coefficient (Wildman–Crippen LogP) is 3.68. The van der Waals surface area contributed by atoms with Crippen LogP contribution in [0.3, 0.4) is 0 Å². The van der Waals surface area contributed by atoms with E-state index in [0.29, 0.717) is 25.5 Å². The topological polar surface area (TPSA) is 58.4 Å². The molecule has 2 heterocycles. The highest BCUT2D eigenvalue weighted by molar-refractivity contribution is 6.30. The van der Waals surface area contributed by atoms with E-state index in [1.807, 2.05) is 0 Å². The van der Waals surface area contributed by atoms with E-state index in [1.165, 1.54) is 23.0 Å². The van der Waals surface area contributed by atoms with Crippen molar-refractivity contribution >= 4 is 17.5 Å². The first-order valence-corrected chi connectivity index (χ1v) is 8.98. The van der Waals surface area contributed by atoms with Crippen LogP contribution in [0, 0.1) is 5.82 Å². The van der Waals surface area contributed by atoms with Gasteiger partial charge in [-0.05, 0) is 38.0 Å². The van der Waals surface area contributed by atoms with Crippen molar-refractivity contribution in [3.05, 3.63) is 47.0 Å². The molecule has 2 aromatic rings. The van der Waals surface area contributed by atoms with Crippen LogP contribution in [0.2, 0.25) is 5.02 Å². The number of nitrogens with zero attached hydrogens (tertiary/aromatic N) is 3. The Morgan fingerprint density at radius 1 is 1.25 bits per heavy atom. The molecule has 0 radical (unpaired) electrons. The Hall–Kier alpha value is -2.13. The molecule has 1 aliphatic heterocycles. The first-order valence-electron chi connectivity index (χ1n) is 8.61. The second kappa shape index (κ2) is 7.36. The van der Waals surface area contributed by atoms with E-state index in [0.717, 1.165) is 4.90 Å². The summed E-state index contributed by atoms with van der Waals surface area (Å²) in [6.07, 6.45) is -2.84. The number of aromatic nitrogens is 2. The first-order chi connectivity index (χ1) is 13.0. The molecule has 28 heavy (non-hydrogen) atoms. The molecule has 0 saturated carbocycles. The number of piperidine rings is 1. The molecule has 0 spiro atoms. The summed E-state index contributed by atoms with van der Waals surface area (Å²) in [4.78, 5) is 13.1. The van der Waals surface area contributed by atoms with Crippen molar-refractivity contribution in [1.29, 1.82) is 0 Å². The van der Waals surface area contributed by atoms with Crippen LogP contribution in [-0.2, 0) is 4.79 Å². The molecule has 0 bridgehead atoms. The Labute approximate surface area is 163 Å². The van der Waals surface area contributed by atoms with Crippen molar-refractivity contribution in [2.24, 2.45) is 0 Å². The maximum Gasteiger partial charge on any atom is 0.426 e. The summed E-state index contributed by atoms with van der Waals surface area (Å²) in [6, 6.07) is 6.23. The Morgan fingerprint density at radius 3 is 2.50 bits per heavy atom. The number of hydrogen-bond donors (Lipinski definition) is 1. The molecule has 1 amide bonds. The van der Waals surface area contributed by atoms with Crippen molar-refractivity contribution in [1.82, 2.24) is 14.7 Å². The van der Waals surface area contributed by atoms with Gasteiger partial charge in [0, 0.05) is 30.9 Å². The maximum atomic E-state index is 14.3. The van der Waals surface area contributed by atoms with Crippen LogP contribution in [0.1, 0.15) is 31.4 Å². The number of likely N-dealkylation sites (tertiary alicyclic amines) is 1. The average Bonchev–Trinajstić information content (AvgIpc) is 3.12. The molecular formula is C18H18ClF4N3O2. The fourth-order valence-electron chi connectivity index (χ4n) is 3.29. The van der Waals surface area contributed by atoms with Gasteiger partial charge >= 0.3 is 6.18 Å². The number of rotatable bonds is 3. The van der Waals surface area contributed by atoms with Crippen LogP contribution in [0.5, 0.6) is 0 Å². The molecule has 1 saturated heterocycles. The second-order valence-electron chi connectivity index (χ2n) is 6.88. The lowest BCUT2D eigenvalue weighted by Gasteiger charge is -2.36. The highest BCUT2D eigenvalue weighted by Gasteiger charge is 2.57. The Bertz CT molecular complexity index is 874. The number of carbonyl (C=O) groups is 1. The van der Waals surface area contributed by atoms with Gasteiger partial charge in [-0.25, -0.2) is 9.07 Å². The number of benzene rings is 1. The smallest absolute Gasteiger partial charge is 0.373 e. The average molecular weight is 420 g/mol. The minimum atomic E-state index is -5.05. The summed E-state index contributed by atoms with van der Waals surface area (Å²) in [5.74, 6) is -2.13. The standard InChI is InChI=1S/C18H18ClF4N3O2/c1-17(28,18(21,22)23)16(27)25-9-6-11(7-10-25)13-5-8-24-26(13)14-4-2-3-12(19)15(14)20/h2-5,8,11,28H,6-7,9-10H2,1H3. The van der Waals surface area contributed by atoms with E-state index in [1.54, 1.807) is 12.1 Å². The summed E-state index contributed by atoms with van der Waals surface area (Å²) < 4.78 is 54.4. The zero-order valence-corrected chi connectivity index (χ0v) is 15.6. The summed E-state index contributed by atoms with van der Waals surface area (Å²) in [7, 11) is 0. The van der Waals surface area contributed by atoms with E-state index in [9.17, 15) is 27.5 Å². The predicted molar refractivity (Wildman–Crippen MR) is 93.8 cm³/mol. The highest BCUT2D eigenvalue weighted by Crippen LogP contribution is 2.35. The van der Waals surface area contributed by atoms with Crippen molar-refractivity contribution in [2.75, 3.05) is 13.1 Å². The van der Waals surface area contributed by atoms with Crippen LogP contribution in [0.25, 0.3) is 5.69 Å². The lowest BCUT2D eigenvalue weighted by molar-refractivity contribution is -0.250. The zero-order valence-electron chi connectivity index (χ0n) is 14.9. The minimum absolute atomic E-state index is 0.0406. The SMILES string of the molecule is CC(O)(C(=O)N1CCC(c2ccnn2-c2cccc(Cl)c2F)CC1)C(F)(F)F. The van der Waals surface area contributed by atoms with Gasteiger partial charge in [0.1, 0.15) is 5.69 Å². The van der Waals surface area contributed by atoms with E-state index >= 15 is 0 Å². The molecule has 1 aromatic carbocycles. The Morgan fingerprint density at radius 2 is 1.89 bits per heavy atom. The largest absolute Gasteiger partial charge is 0.426 e. The summed E-state index contributed by atoms with van der Waals surface area (Å²) in [5, 5.41) is 13.7. The molecule has 1 N–H and O–H groups in total. The molecule has 1 aliphatic rings. The third-order valence-electron chi connectivity index (χ3n) is 5.00. The van der Waals surface area contributed by atoms with Crippen LogP contribution >= 0.6 is 11.6 Å². The van der Waals surface area contributed by atoms with Gasteiger partial charge in [-0.1, -0.05) is 17.7 Å². The van der Waals surface area contributed by atoms with Crippen molar-refractivity contribution < 1.29 is 27.5 Å². The summed E-state index contributed by atoms with van der Waals surface area (Å²) >= 11 is 5.83. The van der Waals surface area contributed by atoms with Crippen molar-refractivity contribution in [3.8, 4) is 5.69 Å². The number of aliphatic hydroxyl groups is 1. The number of alkyl halides is 3. The Balaban J connectivity index is 1.76. The summed E-state index contributed by atoms with van der Waals surface area (Å²) in [6.45, 7) is 0.538. The van der Waals surface area contributed by atoms with Crippen LogP contribution < -0.4 is 0 Å². The lowest BCUT2D eigenvalue weighted by Crippen LogP contribution is -2.57. The molecule has 1 unspecified atom stereocenters. The van der Waals surface area contributed by atoms with E-state index in [4.69, 9.17) is 11.6 Å². The van der Waals surface area contributed by atoms with Crippen molar-refractivity contribution in [3.63, 3.8) is 0 Å². The van der Waals surface area contributed by atoms with Crippen LogP contribution in [0.4, 0.5) is 17.6 Å². The third-order valence-corrected chi connectivity index (χ3v) is 5.29. The van der Waals surface area contributed by atoms with Gasteiger partial charge in [0.25, 0.3) is 5.91 Å². The molecule has 3 rings (SSSR count). The normalized spacial score (nSPS) is 18.2. The molecule has 1 atom stereocenters. The summed E-state index contributed by atoms with van der Waals surface area (Å²) in [5.41, 5.74) is -2.58. The van der Waals surface area contributed by atoms with Gasteiger partial charge in [0.05, 0.1) is 5.02 Å². The number of halogens is 5. The molecular weight excluding hydrogens is 402 g/mol. The number of hydrogen-bond acceptors (Lipinski definition) is 3. The van der Waals surface area contributed by atoms with E-state index < -0.39 is 23.5 Å². The van der Waals surface area contributed by atoms with Gasteiger partial charge in [-0.15, -0.1) is 0 Å². The highest BCUT2D eigenvalue weighted by atomic mass is 35.5. The molecule has 0 aliphatic carbocycles. The Kier molecular flexibility index (Phi) is 5.42. The van der Waals surface area contributed by atoms with Gasteiger partial charge < -0.3 is 10.0 Å². The fourth-order valence-corrected chi connectivity index (χ4v) is 3.46. The van der Waals surface area contributed by atoms with E-state index in [-0.39, 0.29) is 29.7 Å². The monoisotopic (exact) mass is 419 g/mol. The molecule has 5 nitrogen and oxygen atoms in total. The van der Waals surface area contributed by atoms with E-state index in [2.05, 4.69) is 5.10 Å². The number of carbonyl (C=O) groups excluding carboxylic acids is 1. The maximum absolute atomic E-state index is 14.3. The van der Waals surface area contributed by atoms with Crippen LogP contribution in [-0.4, -0.2) is 50.6 Å². The van der Waals surface area contributed by atoms with Gasteiger partial charge in [-0.3, -0.25) is 4.79 Å². The van der Waals surface area contributed by atoms with Gasteiger partial charge in [0.2, 0.25) is 5.60 Å². The fraction of sp³-hybridized carbons (Fsp3) is 0.444. The molecule has 1 fully saturated rings. The zero-order chi connectivity index (χ0) is 20.7. The first kappa shape index (κ1) is 20.6. The quantitative estimate of drug-likeness (QED) is 0.772. The minimum Gasteiger partial charge on any atom is -0.373 e. The lowest BCUT2D eigenvalue weighted by atomic mass is 9.92. The van der Waals surface area contributed by atoms with Gasteiger partial charge in [0.15, 0.2) is 5.82 Å². The number of amides is 1. The molecule has 152 valence electrons. The molecule has 1 aromatic heterocycles. The van der Waals surface area contributed by atoms with Gasteiger partial charge in [-0.2, -0.15) is 18.3 Å². The third kappa shape index (κ3) is 3.60. The second-order valence-corrected chi connectivity index (χ2v) is 7.28. The molecule has 10 heteroatoms. The van der Waals surface area contributed by atoms with Crippen LogP contribution in [0.15, 0.2) is 30.5 Å². The van der Waals surface area contributed by atoms with Crippen molar-refractivity contribution in [2.45, 2.75) is 37.5 Å².